The average Bonchev–Trinajstić information content (AvgIpc) is 3.27. The number of fused-ring (bicyclic) bond motifs is 3. The molecule has 43 heavy (non-hydrogen) atoms. The minimum absolute atomic E-state index is 0. The maximum absolute atomic E-state index is 13.8. The summed E-state index contributed by atoms with van der Waals surface area (Å²) in [6.45, 7) is 1.42. The maximum atomic E-state index is 13.8. The molecule has 7 nitrogen and oxygen atoms in total. The molecule has 1 N–H and O–H groups in total. The van der Waals surface area contributed by atoms with E-state index in [0.29, 0.717) is 37.4 Å². The summed E-state index contributed by atoms with van der Waals surface area (Å²) in [5, 5.41) is 2.61. The number of anilines is 1. The molecule has 0 saturated carbocycles. The van der Waals surface area contributed by atoms with Crippen molar-refractivity contribution in [3.8, 4) is 11.1 Å². The smallest absolute Gasteiger partial charge is 0.449 e. The molecule has 1 aliphatic heterocycles. The monoisotopic (exact) mass is 619 g/mol. The zero-order valence-corrected chi connectivity index (χ0v) is 28.0. The van der Waals surface area contributed by atoms with Crippen LogP contribution in [-0.2, 0) is 16.0 Å². The first kappa shape index (κ1) is 33.4. The van der Waals surface area contributed by atoms with Gasteiger partial charge in [0.05, 0.1) is 0 Å². The number of carbonyl (C=O) groups excluding carboxylic acids is 2. The van der Waals surface area contributed by atoms with E-state index >= 15 is 0 Å². The predicted molar refractivity (Wildman–Crippen MR) is 157 cm³/mol. The van der Waals surface area contributed by atoms with Gasteiger partial charge in [-0.15, -0.1) is 5.46 Å². The van der Waals surface area contributed by atoms with Crippen molar-refractivity contribution in [2.45, 2.75) is 38.8 Å². The molecule has 0 spiro atoms. The number of alkyl carbamates (subject to hydrolysis) is 1. The van der Waals surface area contributed by atoms with E-state index in [2.05, 4.69) is 5.32 Å². The van der Waals surface area contributed by atoms with Crippen LogP contribution in [0.4, 0.5) is 28.2 Å². The molecule has 0 atom stereocenters. The van der Waals surface area contributed by atoms with Crippen LogP contribution in [0.1, 0.15) is 43.4 Å². The quantitative estimate of drug-likeness (QED) is 0.430. The van der Waals surface area contributed by atoms with E-state index in [1.54, 1.807) is 31.7 Å². The molecule has 3 aromatic rings. The van der Waals surface area contributed by atoms with Crippen LogP contribution >= 0.6 is 0 Å². The third kappa shape index (κ3) is 8.16. The van der Waals surface area contributed by atoms with E-state index in [9.17, 15) is 22.5 Å². The second-order valence-corrected chi connectivity index (χ2v) is 11.6. The normalized spacial score (nSPS) is 14.8. The number of carbonyl (C=O) groups is 2. The van der Waals surface area contributed by atoms with Crippen LogP contribution in [0.3, 0.4) is 0 Å². The fourth-order valence-electron chi connectivity index (χ4n) is 5.47. The molecular weight excluding hydrogens is 585 g/mol. The van der Waals surface area contributed by atoms with E-state index in [1.807, 2.05) is 53.4 Å². The molecule has 0 bridgehead atoms. The minimum Gasteiger partial charge on any atom is -0.449 e. The van der Waals surface area contributed by atoms with E-state index in [4.69, 9.17) is 9.47 Å². The van der Waals surface area contributed by atoms with E-state index < -0.39 is 30.2 Å². The Hall–Kier alpha value is -2.51. The van der Waals surface area contributed by atoms with Crippen LogP contribution in [-0.4, -0.2) is 62.5 Å². The number of rotatable bonds is 6. The maximum Gasteiger partial charge on any atom is 1.00 e. The number of hydrogen-bond acceptors (Lipinski definition) is 5. The van der Waals surface area contributed by atoms with Crippen molar-refractivity contribution in [2.24, 2.45) is 0 Å². The van der Waals surface area contributed by atoms with Crippen molar-refractivity contribution < 1.29 is 83.4 Å². The molecule has 0 unspecified atom stereocenters. The summed E-state index contributed by atoms with van der Waals surface area (Å²) >= 11 is 0. The summed E-state index contributed by atoms with van der Waals surface area (Å²) in [5.41, 5.74) is 3.67. The number of halogens is 3. The molecule has 5 rings (SSSR count). The number of nitrogens with one attached hydrogen (secondary N) is 1. The van der Waals surface area contributed by atoms with Gasteiger partial charge in [0, 0.05) is 44.3 Å². The van der Waals surface area contributed by atoms with E-state index in [1.165, 1.54) is 0 Å². The Bertz CT molecular complexity index is 1430. The number of ether oxygens (including phenoxy) is 2. The summed E-state index contributed by atoms with van der Waals surface area (Å²) in [5.74, 6) is -0.120. The van der Waals surface area contributed by atoms with Crippen LogP contribution in [0.15, 0.2) is 66.7 Å². The van der Waals surface area contributed by atoms with Crippen molar-refractivity contribution in [2.75, 3.05) is 37.7 Å². The number of nitrogens with zero attached hydrogens (tertiary/aromatic N) is 2. The summed E-state index contributed by atoms with van der Waals surface area (Å²) in [6, 6.07) is 19.8. The number of hydrogen-bond donors (Lipinski definition) is 1. The molecule has 2 amide bonds. The average molecular weight is 620 g/mol. The number of benzene rings is 3. The molecule has 3 aromatic carbocycles. The zero-order valence-electron chi connectivity index (χ0n) is 24.9. The van der Waals surface area contributed by atoms with Crippen molar-refractivity contribution >= 4 is 30.3 Å². The van der Waals surface area contributed by atoms with Crippen LogP contribution < -0.4 is 67.1 Å². The molecule has 222 valence electrons. The largest absolute Gasteiger partial charge is 1.00 e. The molecule has 0 aromatic heterocycles. The fraction of sp³-hybridized carbons (Fsp3) is 0.355. The third-order valence-corrected chi connectivity index (χ3v) is 7.45. The molecular formula is C31H34BF3KN3O4. The SMILES string of the molecule is CC(C)(C)OC(=O)N1CCN(c2cc(CNC(=O)OCC3c4ccccc4-c4ccccc43)cc([B-](F)(F)F)c2)CC1.[K+]. The Labute approximate surface area is 292 Å². The van der Waals surface area contributed by atoms with Gasteiger partial charge in [-0.2, -0.15) is 0 Å². The van der Waals surface area contributed by atoms with E-state index in [-0.39, 0.29) is 70.5 Å². The zero-order chi connectivity index (χ0) is 30.1. The summed E-state index contributed by atoms with van der Waals surface area (Å²) in [4.78, 5) is 28.4. The van der Waals surface area contributed by atoms with Gasteiger partial charge in [0.1, 0.15) is 12.2 Å². The van der Waals surface area contributed by atoms with Crippen molar-refractivity contribution in [3.63, 3.8) is 0 Å². The Balaban J connectivity index is 0.00000423. The standard InChI is InChI=1S/C31H34BF3N3O4.K/c1-31(2,3)42-30(40)38-14-12-37(13-15-38)23-17-21(16-22(18-23)32(33,34)35)19-36-29(39)41-20-28-26-10-6-4-8-24(26)25-9-5-7-11-27(25)28;/h4-11,16-18,28H,12-15,19-20H2,1-3H3,(H,36,39);/q-1;+1. The van der Waals surface area contributed by atoms with Gasteiger partial charge in [0.2, 0.25) is 0 Å². The molecule has 1 fully saturated rings. The summed E-state index contributed by atoms with van der Waals surface area (Å²) in [6.07, 6.45) is -1.14. The molecule has 1 saturated heterocycles. The fourth-order valence-corrected chi connectivity index (χ4v) is 5.47. The Morgan fingerprint density at radius 2 is 1.49 bits per heavy atom. The van der Waals surface area contributed by atoms with Crippen molar-refractivity contribution in [1.82, 2.24) is 10.2 Å². The second kappa shape index (κ2) is 13.6. The van der Waals surface area contributed by atoms with Crippen LogP contribution in [0.5, 0.6) is 0 Å². The van der Waals surface area contributed by atoms with Gasteiger partial charge >= 0.3 is 70.5 Å². The Kier molecular flexibility index (Phi) is 10.6. The van der Waals surface area contributed by atoms with Gasteiger partial charge in [-0.05, 0) is 54.7 Å². The molecule has 1 heterocycles. The first-order valence-electron chi connectivity index (χ1n) is 14.0. The van der Waals surface area contributed by atoms with Crippen LogP contribution in [0.25, 0.3) is 11.1 Å². The molecule has 1 aliphatic carbocycles. The molecule has 2 aliphatic rings. The van der Waals surface area contributed by atoms with Gasteiger partial charge in [0.25, 0.3) is 0 Å². The number of piperazine rings is 1. The first-order chi connectivity index (χ1) is 19.9. The van der Waals surface area contributed by atoms with Crippen LogP contribution in [0.2, 0.25) is 0 Å². The number of amides is 2. The second-order valence-electron chi connectivity index (χ2n) is 11.6. The molecule has 0 radical (unpaired) electrons. The Morgan fingerprint density at radius 1 is 0.907 bits per heavy atom. The van der Waals surface area contributed by atoms with Crippen LogP contribution in [0, 0.1) is 0 Å². The van der Waals surface area contributed by atoms with Gasteiger partial charge < -0.3 is 37.5 Å². The minimum atomic E-state index is -5.27. The summed E-state index contributed by atoms with van der Waals surface area (Å²) in [7, 11) is 0. The summed E-state index contributed by atoms with van der Waals surface area (Å²) < 4.78 is 52.5. The topological polar surface area (TPSA) is 71.1 Å². The van der Waals surface area contributed by atoms with Crippen molar-refractivity contribution in [3.05, 3.63) is 83.4 Å². The Morgan fingerprint density at radius 3 is 2.05 bits per heavy atom. The van der Waals surface area contributed by atoms with Gasteiger partial charge in [-0.1, -0.05) is 60.7 Å². The van der Waals surface area contributed by atoms with Gasteiger partial charge in [-0.25, -0.2) is 9.59 Å². The predicted octanol–water partition coefficient (Wildman–Crippen LogP) is 2.84. The molecule has 12 heteroatoms. The van der Waals surface area contributed by atoms with Gasteiger partial charge in [-0.3, -0.25) is 0 Å². The van der Waals surface area contributed by atoms with Gasteiger partial charge in [0.15, 0.2) is 0 Å². The third-order valence-electron chi connectivity index (χ3n) is 7.45. The van der Waals surface area contributed by atoms with E-state index in [0.717, 1.165) is 34.4 Å². The van der Waals surface area contributed by atoms with Crippen molar-refractivity contribution in [1.29, 1.82) is 0 Å². The first-order valence-corrected chi connectivity index (χ1v) is 14.0.